The highest BCUT2D eigenvalue weighted by Gasteiger charge is 2.40. The molecule has 10 heteroatoms. The predicted octanol–water partition coefficient (Wildman–Crippen LogP) is 4.14. The van der Waals surface area contributed by atoms with Gasteiger partial charge in [-0.25, -0.2) is 9.69 Å². The molecule has 1 aliphatic rings. The van der Waals surface area contributed by atoms with Crippen molar-refractivity contribution in [2.45, 2.75) is 16.6 Å². The van der Waals surface area contributed by atoms with Gasteiger partial charge >= 0.3 is 5.97 Å². The van der Waals surface area contributed by atoms with Gasteiger partial charge in [-0.15, -0.1) is 11.8 Å². The average molecular weight is 510 g/mol. The number of nitrogens with two attached hydrogens (primary N) is 1. The largest absolute Gasteiger partial charge is 0.452 e. The number of imide groups is 1. The Balaban J connectivity index is 1.35. The standard InChI is InChI=1S/C25H20ClN3O5S/c26-19-6-1-2-7-20(19)28-22(30)14-34-25(33)15-8-10-17(11-9-15)29-23(31)13-21(24(29)32)35-18-5-3-4-16(27)12-18/h1-12,21H,13-14,27H2,(H,28,30). The summed E-state index contributed by atoms with van der Waals surface area (Å²) in [7, 11) is 0. The quantitative estimate of drug-likeness (QED) is 0.279. The van der Waals surface area contributed by atoms with E-state index >= 15 is 0 Å². The summed E-state index contributed by atoms with van der Waals surface area (Å²) >= 11 is 7.27. The summed E-state index contributed by atoms with van der Waals surface area (Å²) in [6.07, 6.45) is 0.0582. The molecule has 178 valence electrons. The number of rotatable bonds is 7. The van der Waals surface area contributed by atoms with Crippen LogP contribution >= 0.6 is 23.4 Å². The van der Waals surface area contributed by atoms with E-state index in [2.05, 4.69) is 5.32 Å². The molecular formula is C25H20ClN3O5S. The number of nitrogens with zero attached hydrogens (tertiary/aromatic N) is 1. The first kappa shape index (κ1) is 24.3. The fraction of sp³-hybridized carbons (Fsp3) is 0.120. The number of carbonyl (C=O) groups is 4. The molecule has 1 unspecified atom stereocenters. The van der Waals surface area contributed by atoms with Crippen molar-refractivity contribution >= 4 is 64.1 Å². The van der Waals surface area contributed by atoms with Crippen molar-refractivity contribution in [1.29, 1.82) is 0 Å². The van der Waals surface area contributed by atoms with Gasteiger partial charge in [0.1, 0.15) is 0 Å². The second-order valence-corrected chi connectivity index (χ2v) is 9.28. The van der Waals surface area contributed by atoms with Gasteiger partial charge in [0.2, 0.25) is 11.8 Å². The van der Waals surface area contributed by atoms with Crippen molar-refractivity contribution in [1.82, 2.24) is 0 Å². The van der Waals surface area contributed by atoms with Crippen LogP contribution in [0.2, 0.25) is 5.02 Å². The number of hydrogen-bond donors (Lipinski definition) is 2. The van der Waals surface area contributed by atoms with E-state index in [0.29, 0.717) is 22.1 Å². The van der Waals surface area contributed by atoms with Gasteiger partial charge in [0.15, 0.2) is 6.61 Å². The fourth-order valence-electron chi connectivity index (χ4n) is 3.43. The van der Waals surface area contributed by atoms with E-state index in [1.54, 1.807) is 42.5 Å². The van der Waals surface area contributed by atoms with Crippen molar-refractivity contribution in [2.75, 3.05) is 22.6 Å². The van der Waals surface area contributed by atoms with E-state index in [1.165, 1.54) is 36.0 Å². The van der Waals surface area contributed by atoms with Crippen LogP contribution in [0.5, 0.6) is 0 Å². The summed E-state index contributed by atoms with van der Waals surface area (Å²) < 4.78 is 5.05. The van der Waals surface area contributed by atoms with E-state index < -0.39 is 23.7 Å². The first-order valence-electron chi connectivity index (χ1n) is 10.5. The van der Waals surface area contributed by atoms with Gasteiger partial charge in [0.25, 0.3) is 5.91 Å². The van der Waals surface area contributed by atoms with Crippen LogP contribution in [-0.4, -0.2) is 35.5 Å². The van der Waals surface area contributed by atoms with Gasteiger partial charge < -0.3 is 15.8 Å². The molecule has 0 aromatic heterocycles. The highest BCUT2D eigenvalue weighted by Crippen LogP contribution is 2.34. The topological polar surface area (TPSA) is 119 Å². The number of para-hydroxylation sites is 1. The Hall–Kier alpha value is -3.82. The number of hydrogen-bond acceptors (Lipinski definition) is 7. The number of nitrogen functional groups attached to an aromatic ring is 1. The molecule has 3 aromatic carbocycles. The number of amides is 3. The lowest BCUT2D eigenvalue weighted by atomic mass is 10.2. The molecule has 8 nitrogen and oxygen atoms in total. The van der Waals surface area contributed by atoms with E-state index in [9.17, 15) is 19.2 Å². The lowest BCUT2D eigenvalue weighted by Gasteiger charge is -2.15. The Labute approximate surface area is 210 Å². The molecule has 0 saturated carbocycles. The highest BCUT2D eigenvalue weighted by atomic mass is 35.5. The number of anilines is 3. The van der Waals surface area contributed by atoms with Gasteiger partial charge in [-0.3, -0.25) is 14.4 Å². The summed E-state index contributed by atoms with van der Waals surface area (Å²) in [5.41, 5.74) is 7.30. The summed E-state index contributed by atoms with van der Waals surface area (Å²) in [6.45, 7) is -0.502. The van der Waals surface area contributed by atoms with Crippen LogP contribution in [0.1, 0.15) is 16.8 Å². The third-order valence-electron chi connectivity index (χ3n) is 5.09. The molecule has 0 spiro atoms. The molecule has 0 radical (unpaired) electrons. The minimum atomic E-state index is -0.722. The van der Waals surface area contributed by atoms with Crippen LogP contribution < -0.4 is 16.0 Å². The molecule has 1 fully saturated rings. The zero-order valence-corrected chi connectivity index (χ0v) is 19.8. The third-order valence-corrected chi connectivity index (χ3v) is 6.59. The number of nitrogens with one attached hydrogen (secondary N) is 1. The molecule has 3 aromatic rings. The van der Waals surface area contributed by atoms with Crippen LogP contribution in [0.25, 0.3) is 0 Å². The molecule has 1 saturated heterocycles. The van der Waals surface area contributed by atoms with Gasteiger partial charge in [0.05, 0.1) is 27.2 Å². The number of benzene rings is 3. The smallest absolute Gasteiger partial charge is 0.338 e. The van der Waals surface area contributed by atoms with Gasteiger partial charge in [-0.05, 0) is 54.6 Å². The summed E-state index contributed by atoms with van der Waals surface area (Å²) in [4.78, 5) is 51.7. The van der Waals surface area contributed by atoms with E-state index in [1.807, 2.05) is 6.07 Å². The van der Waals surface area contributed by atoms with Crippen LogP contribution in [0.15, 0.2) is 77.7 Å². The maximum Gasteiger partial charge on any atom is 0.338 e. The lowest BCUT2D eigenvalue weighted by molar-refractivity contribution is -0.121. The molecule has 1 atom stereocenters. The Morgan fingerprint density at radius 3 is 2.51 bits per heavy atom. The zero-order chi connectivity index (χ0) is 24.9. The Kier molecular flexibility index (Phi) is 7.38. The van der Waals surface area contributed by atoms with E-state index in [-0.39, 0.29) is 23.8 Å². The molecule has 35 heavy (non-hydrogen) atoms. The fourth-order valence-corrected chi connectivity index (χ4v) is 4.73. The maximum atomic E-state index is 12.9. The number of thioether (sulfide) groups is 1. The van der Waals surface area contributed by atoms with E-state index in [4.69, 9.17) is 22.1 Å². The molecule has 4 rings (SSSR count). The Bertz CT molecular complexity index is 1300. The normalized spacial score (nSPS) is 15.2. The van der Waals surface area contributed by atoms with Crippen molar-refractivity contribution in [3.05, 3.63) is 83.4 Å². The first-order valence-corrected chi connectivity index (χ1v) is 11.8. The van der Waals surface area contributed by atoms with Crippen molar-refractivity contribution in [3.8, 4) is 0 Å². The monoisotopic (exact) mass is 509 g/mol. The van der Waals surface area contributed by atoms with Gasteiger partial charge in [0, 0.05) is 17.0 Å². The third kappa shape index (κ3) is 5.82. The van der Waals surface area contributed by atoms with Crippen molar-refractivity contribution in [3.63, 3.8) is 0 Å². The van der Waals surface area contributed by atoms with Crippen LogP contribution in [0, 0.1) is 0 Å². The number of carbonyl (C=O) groups excluding carboxylic acids is 4. The molecule has 3 amide bonds. The molecule has 1 heterocycles. The predicted molar refractivity (Wildman–Crippen MR) is 134 cm³/mol. The average Bonchev–Trinajstić information content (AvgIpc) is 3.11. The number of halogens is 1. The van der Waals surface area contributed by atoms with Crippen LogP contribution in [-0.2, 0) is 19.1 Å². The lowest BCUT2D eigenvalue weighted by Crippen LogP contribution is -2.31. The van der Waals surface area contributed by atoms with Crippen molar-refractivity contribution < 1.29 is 23.9 Å². The molecule has 0 bridgehead atoms. The second kappa shape index (κ2) is 10.6. The molecule has 0 aliphatic carbocycles. The van der Waals surface area contributed by atoms with Gasteiger partial charge in [-0.2, -0.15) is 0 Å². The van der Waals surface area contributed by atoms with Crippen LogP contribution in [0.4, 0.5) is 17.1 Å². The van der Waals surface area contributed by atoms with E-state index in [0.717, 1.165) is 9.80 Å². The minimum Gasteiger partial charge on any atom is -0.452 e. The Morgan fingerprint density at radius 1 is 1.06 bits per heavy atom. The highest BCUT2D eigenvalue weighted by molar-refractivity contribution is 8.00. The maximum absolute atomic E-state index is 12.9. The first-order chi connectivity index (χ1) is 16.8. The molecule has 3 N–H and O–H groups in total. The minimum absolute atomic E-state index is 0.0582. The Morgan fingerprint density at radius 2 is 1.80 bits per heavy atom. The second-order valence-electron chi connectivity index (χ2n) is 7.60. The SMILES string of the molecule is Nc1cccc(SC2CC(=O)N(c3ccc(C(=O)OCC(=O)Nc4ccccc4Cl)cc3)C2=O)c1. The summed E-state index contributed by atoms with van der Waals surface area (Å²) in [6, 6.07) is 19.6. The van der Waals surface area contributed by atoms with Crippen molar-refractivity contribution in [2.24, 2.45) is 0 Å². The summed E-state index contributed by atoms with van der Waals surface area (Å²) in [5.74, 6) is -1.93. The van der Waals surface area contributed by atoms with Gasteiger partial charge in [-0.1, -0.05) is 29.8 Å². The van der Waals surface area contributed by atoms with Crippen LogP contribution in [0.3, 0.4) is 0 Å². The number of ether oxygens (including phenoxy) is 1. The summed E-state index contributed by atoms with van der Waals surface area (Å²) in [5, 5.41) is 2.36. The molecule has 1 aliphatic heterocycles. The number of esters is 1. The zero-order valence-electron chi connectivity index (χ0n) is 18.3. The molecular weight excluding hydrogens is 490 g/mol.